The third-order valence-electron chi connectivity index (χ3n) is 2.63. The molecular weight excluding hydrogens is 244 g/mol. The van der Waals surface area contributed by atoms with Crippen molar-refractivity contribution in [3.05, 3.63) is 47.9 Å². The van der Waals surface area contributed by atoms with Crippen molar-refractivity contribution >= 4 is 17.3 Å². The zero-order valence-electron chi connectivity index (χ0n) is 10.7. The highest BCUT2D eigenvalue weighted by Crippen LogP contribution is 2.21. The van der Waals surface area contributed by atoms with Gasteiger partial charge >= 0.3 is 5.97 Å². The molecule has 0 amide bonds. The lowest BCUT2D eigenvalue weighted by atomic mass is 10.1. The Kier molecular flexibility index (Phi) is 4.07. The van der Waals surface area contributed by atoms with Crippen LogP contribution in [0.1, 0.15) is 22.8 Å². The second-order valence-electron chi connectivity index (χ2n) is 4.01. The van der Waals surface area contributed by atoms with Gasteiger partial charge in [0, 0.05) is 12.1 Å². The quantitative estimate of drug-likeness (QED) is 0.638. The molecule has 0 spiro atoms. The summed E-state index contributed by atoms with van der Waals surface area (Å²) in [6.07, 6.45) is 3.28. The molecule has 1 aromatic carbocycles. The van der Waals surface area contributed by atoms with Gasteiger partial charge in [-0.25, -0.2) is 4.79 Å². The largest absolute Gasteiger partial charge is 0.472 e. The second-order valence-corrected chi connectivity index (χ2v) is 4.01. The van der Waals surface area contributed by atoms with Crippen LogP contribution < -0.4 is 11.1 Å². The zero-order chi connectivity index (χ0) is 13.7. The number of rotatable bonds is 5. The fourth-order valence-corrected chi connectivity index (χ4v) is 1.66. The van der Waals surface area contributed by atoms with Crippen LogP contribution in [0.25, 0.3) is 0 Å². The first-order valence-corrected chi connectivity index (χ1v) is 6.02. The van der Waals surface area contributed by atoms with Crippen LogP contribution >= 0.6 is 0 Å². The summed E-state index contributed by atoms with van der Waals surface area (Å²) in [7, 11) is 0. The van der Waals surface area contributed by atoms with Crippen LogP contribution in [0.5, 0.6) is 0 Å². The number of benzene rings is 1. The van der Waals surface area contributed by atoms with Crippen molar-refractivity contribution in [1.29, 1.82) is 0 Å². The first kappa shape index (κ1) is 13.0. The predicted molar refractivity (Wildman–Crippen MR) is 72.8 cm³/mol. The molecule has 0 atom stereocenters. The van der Waals surface area contributed by atoms with E-state index in [2.05, 4.69) is 5.32 Å². The second kappa shape index (κ2) is 5.95. The minimum Gasteiger partial charge on any atom is -0.472 e. The molecule has 0 radical (unpaired) electrons. The number of hydrogen-bond donors (Lipinski definition) is 2. The highest BCUT2D eigenvalue weighted by Gasteiger charge is 2.08. The monoisotopic (exact) mass is 260 g/mol. The molecule has 0 aliphatic heterocycles. The van der Waals surface area contributed by atoms with E-state index in [9.17, 15) is 4.79 Å². The van der Waals surface area contributed by atoms with Gasteiger partial charge in [-0.1, -0.05) is 0 Å². The lowest BCUT2D eigenvalue weighted by Gasteiger charge is -2.09. The Hall–Kier alpha value is -2.43. The highest BCUT2D eigenvalue weighted by atomic mass is 16.5. The summed E-state index contributed by atoms with van der Waals surface area (Å²) in [4.78, 5) is 11.5. The van der Waals surface area contributed by atoms with Gasteiger partial charge in [0.25, 0.3) is 0 Å². The number of nitrogens with two attached hydrogens (primary N) is 1. The number of furan rings is 1. The number of anilines is 2. The van der Waals surface area contributed by atoms with Gasteiger partial charge in [-0.3, -0.25) is 0 Å². The minimum atomic E-state index is -0.365. The molecular formula is C14H16N2O3. The van der Waals surface area contributed by atoms with Gasteiger partial charge in [0.1, 0.15) is 0 Å². The van der Waals surface area contributed by atoms with E-state index in [1.54, 1.807) is 37.6 Å². The van der Waals surface area contributed by atoms with Crippen LogP contribution in [0.4, 0.5) is 11.4 Å². The first-order valence-electron chi connectivity index (χ1n) is 6.02. The van der Waals surface area contributed by atoms with Crippen LogP contribution in [-0.2, 0) is 11.3 Å². The smallest absolute Gasteiger partial charge is 0.338 e. The predicted octanol–water partition coefficient (Wildman–Crippen LogP) is 2.65. The topological polar surface area (TPSA) is 77.5 Å². The highest BCUT2D eigenvalue weighted by molar-refractivity contribution is 5.91. The molecule has 0 saturated carbocycles. The van der Waals surface area contributed by atoms with Crippen molar-refractivity contribution < 1.29 is 13.9 Å². The zero-order valence-corrected chi connectivity index (χ0v) is 10.7. The maximum atomic E-state index is 11.5. The number of nitrogen functional groups attached to an aromatic ring is 1. The van der Waals surface area contributed by atoms with Gasteiger partial charge in [-0.2, -0.15) is 0 Å². The van der Waals surface area contributed by atoms with E-state index < -0.39 is 0 Å². The number of hydrogen-bond acceptors (Lipinski definition) is 5. The van der Waals surface area contributed by atoms with Gasteiger partial charge in [0.2, 0.25) is 0 Å². The van der Waals surface area contributed by atoms with E-state index in [1.165, 1.54) is 0 Å². The summed E-state index contributed by atoms with van der Waals surface area (Å²) >= 11 is 0. The van der Waals surface area contributed by atoms with E-state index in [1.807, 2.05) is 6.07 Å². The molecule has 0 aliphatic carbocycles. The van der Waals surface area contributed by atoms with E-state index in [0.29, 0.717) is 24.4 Å². The van der Waals surface area contributed by atoms with Gasteiger partial charge in [-0.05, 0) is 31.2 Å². The lowest BCUT2D eigenvalue weighted by Crippen LogP contribution is -2.07. The maximum Gasteiger partial charge on any atom is 0.338 e. The third kappa shape index (κ3) is 3.28. The molecule has 0 saturated heterocycles. The number of ether oxygens (including phenoxy) is 1. The van der Waals surface area contributed by atoms with Gasteiger partial charge < -0.3 is 20.2 Å². The molecule has 0 fully saturated rings. The van der Waals surface area contributed by atoms with Crippen molar-refractivity contribution in [3.8, 4) is 0 Å². The molecule has 19 heavy (non-hydrogen) atoms. The standard InChI is InChI=1S/C14H16N2O3/c1-2-19-14(17)11-3-4-13(12(15)7-11)16-8-10-5-6-18-9-10/h3-7,9,16H,2,8,15H2,1H3. The summed E-state index contributed by atoms with van der Waals surface area (Å²) in [5.41, 5.74) is 8.66. The Morgan fingerprint density at radius 2 is 2.26 bits per heavy atom. The average molecular weight is 260 g/mol. The summed E-state index contributed by atoms with van der Waals surface area (Å²) in [6.45, 7) is 2.72. The first-order chi connectivity index (χ1) is 9.20. The molecule has 0 aliphatic rings. The molecule has 0 unspecified atom stereocenters. The van der Waals surface area contributed by atoms with Crippen LogP contribution in [0.15, 0.2) is 41.2 Å². The molecule has 5 nitrogen and oxygen atoms in total. The van der Waals surface area contributed by atoms with Gasteiger partial charge in [-0.15, -0.1) is 0 Å². The van der Waals surface area contributed by atoms with Crippen LogP contribution in [0, 0.1) is 0 Å². The van der Waals surface area contributed by atoms with Crippen LogP contribution in [0.2, 0.25) is 0 Å². The number of nitrogens with one attached hydrogen (secondary N) is 1. The van der Waals surface area contributed by atoms with Crippen molar-refractivity contribution in [2.75, 3.05) is 17.7 Å². The number of carbonyl (C=O) groups is 1. The van der Waals surface area contributed by atoms with Crippen molar-refractivity contribution in [2.45, 2.75) is 13.5 Å². The van der Waals surface area contributed by atoms with E-state index >= 15 is 0 Å². The van der Waals surface area contributed by atoms with E-state index in [4.69, 9.17) is 14.9 Å². The molecule has 0 bridgehead atoms. The van der Waals surface area contributed by atoms with E-state index in [0.717, 1.165) is 11.3 Å². The normalized spacial score (nSPS) is 10.2. The third-order valence-corrected chi connectivity index (χ3v) is 2.63. The molecule has 100 valence electrons. The SMILES string of the molecule is CCOC(=O)c1ccc(NCc2ccoc2)c(N)c1. The maximum absolute atomic E-state index is 11.5. The lowest BCUT2D eigenvalue weighted by molar-refractivity contribution is 0.0526. The van der Waals surface area contributed by atoms with Gasteiger partial charge in [0.05, 0.1) is 36.1 Å². The Morgan fingerprint density at radius 1 is 1.42 bits per heavy atom. The molecule has 2 aromatic rings. The Balaban J connectivity index is 2.04. The summed E-state index contributed by atoms with van der Waals surface area (Å²) in [6, 6.07) is 6.93. The fourth-order valence-electron chi connectivity index (χ4n) is 1.66. The summed E-state index contributed by atoms with van der Waals surface area (Å²) in [5.74, 6) is -0.365. The molecule has 2 rings (SSSR count). The average Bonchev–Trinajstić information content (AvgIpc) is 2.90. The Morgan fingerprint density at radius 3 is 2.89 bits per heavy atom. The molecule has 3 N–H and O–H groups in total. The van der Waals surface area contributed by atoms with Crippen LogP contribution in [0.3, 0.4) is 0 Å². The number of carbonyl (C=O) groups excluding carboxylic acids is 1. The Bertz CT molecular complexity index is 550. The van der Waals surface area contributed by atoms with Crippen molar-refractivity contribution in [2.24, 2.45) is 0 Å². The summed E-state index contributed by atoms with van der Waals surface area (Å²) in [5, 5.41) is 3.18. The minimum absolute atomic E-state index is 0.346. The van der Waals surface area contributed by atoms with Crippen molar-refractivity contribution in [1.82, 2.24) is 0 Å². The van der Waals surface area contributed by atoms with Crippen molar-refractivity contribution in [3.63, 3.8) is 0 Å². The van der Waals surface area contributed by atoms with Crippen LogP contribution in [-0.4, -0.2) is 12.6 Å². The van der Waals surface area contributed by atoms with Gasteiger partial charge in [0.15, 0.2) is 0 Å². The molecule has 5 heteroatoms. The molecule has 1 aromatic heterocycles. The molecule has 1 heterocycles. The fraction of sp³-hybridized carbons (Fsp3) is 0.214. The summed E-state index contributed by atoms with van der Waals surface area (Å²) < 4.78 is 9.89. The van der Waals surface area contributed by atoms with E-state index in [-0.39, 0.29) is 5.97 Å². The Labute approximate surface area is 111 Å². The number of esters is 1.